The Bertz CT molecular complexity index is 714. The smallest absolute Gasteiger partial charge is 0.243 e. The topological polar surface area (TPSA) is 92.2 Å². The van der Waals surface area contributed by atoms with Crippen molar-refractivity contribution in [1.29, 1.82) is 0 Å². The van der Waals surface area contributed by atoms with Gasteiger partial charge in [-0.25, -0.2) is 13.1 Å². The van der Waals surface area contributed by atoms with Crippen molar-refractivity contribution in [2.75, 3.05) is 0 Å². The first kappa shape index (κ1) is 13.9. The van der Waals surface area contributed by atoms with E-state index in [4.69, 9.17) is 0 Å². The first-order chi connectivity index (χ1) is 9.58. The summed E-state index contributed by atoms with van der Waals surface area (Å²) in [5.74, 6) is 0. The molecule has 20 heavy (non-hydrogen) atoms. The Morgan fingerprint density at radius 1 is 1.25 bits per heavy atom. The van der Waals surface area contributed by atoms with Crippen LogP contribution >= 0.6 is 11.7 Å². The average Bonchev–Trinajstić information content (AvgIpc) is 2.89. The molecule has 1 saturated carbocycles. The van der Waals surface area contributed by atoms with Crippen LogP contribution in [-0.4, -0.2) is 34.4 Å². The Balaban J connectivity index is 1.93. The average molecular weight is 313 g/mol. The number of fused-ring (bicyclic) bond motifs is 1. The second kappa shape index (κ2) is 5.36. The number of benzene rings is 1. The number of hydrogen-bond acceptors (Lipinski definition) is 6. The Kier molecular flexibility index (Phi) is 3.72. The van der Waals surface area contributed by atoms with E-state index in [1.165, 1.54) is 6.07 Å². The Labute approximate surface area is 121 Å². The van der Waals surface area contributed by atoms with Gasteiger partial charge in [-0.1, -0.05) is 18.9 Å². The fraction of sp³-hybridized carbons (Fsp3) is 0.500. The van der Waals surface area contributed by atoms with Crippen molar-refractivity contribution in [1.82, 2.24) is 13.5 Å². The minimum absolute atomic E-state index is 0.126. The molecule has 2 N–H and O–H groups in total. The van der Waals surface area contributed by atoms with E-state index in [-0.39, 0.29) is 4.90 Å². The minimum atomic E-state index is -3.70. The van der Waals surface area contributed by atoms with Crippen LogP contribution in [0.1, 0.15) is 25.7 Å². The lowest BCUT2D eigenvalue weighted by atomic mass is 9.93. The molecule has 2 unspecified atom stereocenters. The molecular weight excluding hydrogens is 298 g/mol. The molecule has 2 atom stereocenters. The predicted octanol–water partition coefficient (Wildman–Crippen LogP) is 1.27. The van der Waals surface area contributed by atoms with Crippen LogP contribution in [0.15, 0.2) is 23.1 Å². The van der Waals surface area contributed by atoms with Crippen LogP contribution in [0.3, 0.4) is 0 Å². The summed E-state index contributed by atoms with van der Waals surface area (Å²) in [7, 11) is -3.70. The fourth-order valence-electron chi connectivity index (χ4n) is 2.51. The van der Waals surface area contributed by atoms with Crippen LogP contribution in [0, 0.1) is 0 Å². The molecule has 0 saturated heterocycles. The van der Waals surface area contributed by atoms with Crippen molar-refractivity contribution in [2.24, 2.45) is 0 Å². The first-order valence-corrected chi connectivity index (χ1v) is 8.71. The molecule has 0 amide bonds. The second-order valence-electron chi connectivity index (χ2n) is 4.97. The molecule has 0 bridgehead atoms. The molecule has 0 aliphatic heterocycles. The normalized spacial score (nSPS) is 24.1. The van der Waals surface area contributed by atoms with Crippen LogP contribution in [0.4, 0.5) is 0 Å². The monoisotopic (exact) mass is 313 g/mol. The van der Waals surface area contributed by atoms with Crippen molar-refractivity contribution >= 4 is 32.8 Å². The first-order valence-electron chi connectivity index (χ1n) is 6.49. The molecular formula is C12H15N3O3S2. The molecule has 1 fully saturated rings. The van der Waals surface area contributed by atoms with E-state index in [2.05, 4.69) is 13.5 Å². The van der Waals surface area contributed by atoms with Crippen LogP contribution in [-0.2, 0) is 10.0 Å². The summed E-state index contributed by atoms with van der Waals surface area (Å²) in [5.41, 5.74) is 0.956. The van der Waals surface area contributed by atoms with Gasteiger partial charge in [-0.05, 0) is 25.0 Å². The highest BCUT2D eigenvalue weighted by atomic mass is 32.2. The van der Waals surface area contributed by atoms with Gasteiger partial charge in [-0.2, -0.15) is 8.75 Å². The standard InChI is InChI=1S/C12H15N3O3S2/c16-10-6-2-1-4-8(10)15-20(17,18)11-7-3-5-9-12(11)14-19-13-9/h3,5,7-8,10,15-16H,1-2,4,6H2. The maximum absolute atomic E-state index is 12.5. The van der Waals surface area contributed by atoms with E-state index < -0.39 is 22.2 Å². The summed E-state index contributed by atoms with van der Waals surface area (Å²) in [5, 5.41) is 9.90. The van der Waals surface area contributed by atoms with Crippen molar-refractivity contribution in [3.05, 3.63) is 18.2 Å². The zero-order valence-electron chi connectivity index (χ0n) is 10.7. The number of aliphatic hydroxyl groups is 1. The molecule has 108 valence electrons. The largest absolute Gasteiger partial charge is 0.391 e. The third-order valence-corrected chi connectivity index (χ3v) is 5.64. The van der Waals surface area contributed by atoms with Gasteiger partial charge in [-0.15, -0.1) is 0 Å². The molecule has 1 aliphatic carbocycles. The van der Waals surface area contributed by atoms with E-state index in [0.29, 0.717) is 23.9 Å². The molecule has 8 heteroatoms. The van der Waals surface area contributed by atoms with Gasteiger partial charge in [0.25, 0.3) is 0 Å². The maximum atomic E-state index is 12.5. The van der Waals surface area contributed by atoms with Gasteiger partial charge in [0, 0.05) is 6.04 Å². The zero-order valence-corrected chi connectivity index (χ0v) is 12.3. The van der Waals surface area contributed by atoms with Crippen LogP contribution in [0.5, 0.6) is 0 Å². The van der Waals surface area contributed by atoms with Crippen molar-refractivity contribution < 1.29 is 13.5 Å². The molecule has 3 rings (SSSR count). The minimum Gasteiger partial charge on any atom is -0.391 e. The zero-order chi connectivity index (χ0) is 14.2. The van der Waals surface area contributed by atoms with Crippen LogP contribution in [0.25, 0.3) is 11.0 Å². The summed E-state index contributed by atoms with van der Waals surface area (Å²) in [6.45, 7) is 0. The number of aromatic nitrogens is 2. The summed E-state index contributed by atoms with van der Waals surface area (Å²) < 4.78 is 35.6. The lowest BCUT2D eigenvalue weighted by molar-refractivity contribution is 0.101. The van der Waals surface area contributed by atoms with Gasteiger partial charge in [0.05, 0.1) is 17.8 Å². The van der Waals surface area contributed by atoms with Gasteiger partial charge in [0.2, 0.25) is 10.0 Å². The second-order valence-corrected chi connectivity index (χ2v) is 7.18. The van der Waals surface area contributed by atoms with E-state index in [0.717, 1.165) is 24.6 Å². The number of nitrogens with one attached hydrogen (secondary N) is 1. The van der Waals surface area contributed by atoms with E-state index in [9.17, 15) is 13.5 Å². The highest BCUT2D eigenvalue weighted by Crippen LogP contribution is 2.24. The van der Waals surface area contributed by atoms with Crippen molar-refractivity contribution in [3.8, 4) is 0 Å². The van der Waals surface area contributed by atoms with Crippen LogP contribution < -0.4 is 4.72 Å². The third kappa shape index (κ3) is 2.56. The molecule has 0 radical (unpaired) electrons. The van der Waals surface area contributed by atoms with Crippen molar-refractivity contribution in [3.63, 3.8) is 0 Å². The van der Waals surface area contributed by atoms with Crippen LogP contribution in [0.2, 0.25) is 0 Å². The number of rotatable bonds is 3. The van der Waals surface area contributed by atoms with E-state index in [1.54, 1.807) is 12.1 Å². The lowest BCUT2D eigenvalue weighted by Gasteiger charge is -2.28. The molecule has 6 nitrogen and oxygen atoms in total. The fourth-order valence-corrected chi connectivity index (χ4v) is 4.58. The Hall–Kier alpha value is -1.09. The molecule has 1 heterocycles. The molecule has 1 aliphatic rings. The Morgan fingerprint density at radius 3 is 2.85 bits per heavy atom. The summed E-state index contributed by atoms with van der Waals surface area (Å²) in [4.78, 5) is 0.126. The molecule has 1 aromatic heterocycles. The lowest BCUT2D eigenvalue weighted by Crippen LogP contribution is -2.44. The number of nitrogens with zero attached hydrogens (tertiary/aromatic N) is 2. The quantitative estimate of drug-likeness (QED) is 0.890. The van der Waals surface area contributed by atoms with Gasteiger partial charge in [0.1, 0.15) is 15.9 Å². The molecule has 2 aromatic rings. The van der Waals surface area contributed by atoms with Gasteiger partial charge >= 0.3 is 0 Å². The van der Waals surface area contributed by atoms with Gasteiger partial charge < -0.3 is 5.11 Å². The van der Waals surface area contributed by atoms with Gasteiger partial charge in [-0.3, -0.25) is 0 Å². The number of aliphatic hydroxyl groups excluding tert-OH is 1. The highest BCUT2D eigenvalue weighted by Gasteiger charge is 2.29. The molecule has 0 spiro atoms. The maximum Gasteiger partial charge on any atom is 0.243 e. The van der Waals surface area contributed by atoms with E-state index >= 15 is 0 Å². The van der Waals surface area contributed by atoms with Crippen molar-refractivity contribution in [2.45, 2.75) is 42.7 Å². The van der Waals surface area contributed by atoms with Gasteiger partial charge in [0.15, 0.2) is 0 Å². The highest BCUT2D eigenvalue weighted by molar-refractivity contribution is 7.89. The third-order valence-electron chi connectivity index (χ3n) is 3.57. The number of sulfonamides is 1. The van der Waals surface area contributed by atoms with E-state index in [1.807, 2.05) is 0 Å². The molecule has 1 aromatic carbocycles. The Morgan fingerprint density at radius 2 is 2.05 bits per heavy atom. The summed E-state index contributed by atoms with van der Waals surface area (Å²) >= 11 is 0.988. The summed E-state index contributed by atoms with van der Waals surface area (Å²) in [6, 6.07) is 4.47. The predicted molar refractivity (Wildman–Crippen MR) is 76.0 cm³/mol. The summed E-state index contributed by atoms with van der Waals surface area (Å²) in [6.07, 6.45) is 2.53. The SMILES string of the molecule is O=S(=O)(NC1CCCCC1O)c1cccc2nsnc12. The number of hydrogen-bond donors (Lipinski definition) is 2.